The topological polar surface area (TPSA) is 75.6 Å². The van der Waals surface area contributed by atoms with Gasteiger partial charge in [-0.15, -0.1) is 0 Å². The van der Waals surface area contributed by atoms with E-state index in [0.29, 0.717) is 18.0 Å². The van der Waals surface area contributed by atoms with Crippen LogP contribution in [0.2, 0.25) is 0 Å². The summed E-state index contributed by atoms with van der Waals surface area (Å²) >= 11 is 1.44. The van der Waals surface area contributed by atoms with E-state index in [1.54, 1.807) is 31.8 Å². The van der Waals surface area contributed by atoms with Gasteiger partial charge in [0.05, 0.1) is 24.0 Å². The van der Waals surface area contributed by atoms with Crippen molar-refractivity contribution in [2.24, 2.45) is 4.99 Å². The highest BCUT2D eigenvalue weighted by Crippen LogP contribution is 2.30. The molecule has 2 N–H and O–H groups in total. The predicted octanol–water partition coefficient (Wildman–Crippen LogP) is 2.29. The number of hydrogen-bond donors (Lipinski definition) is 2. The molecule has 0 unspecified atom stereocenters. The molecule has 0 aliphatic carbocycles. The van der Waals surface area contributed by atoms with Gasteiger partial charge in [-0.05, 0) is 41.8 Å². The highest BCUT2D eigenvalue weighted by atomic mass is 32.2. The highest BCUT2D eigenvalue weighted by Gasteiger charge is 2.11. The second kappa shape index (κ2) is 6.48. The molecule has 0 atom stereocenters. The maximum Gasteiger partial charge on any atom is 0.251 e. The molecule has 0 spiro atoms. The van der Waals surface area contributed by atoms with Crippen LogP contribution in [0.1, 0.15) is 15.9 Å². The molecule has 22 heavy (non-hydrogen) atoms. The average Bonchev–Trinajstić information content (AvgIpc) is 2.59. The van der Waals surface area contributed by atoms with Crippen LogP contribution in [0.5, 0.6) is 5.88 Å². The van der Waals surface area contributed by atoms with Crippen LogP contribution in [0.3, 0.4) is 0 Å². The first-order valence-corrected chi connectivity index (χ1v) is 7.44. The number of benzene rings is 1. The number of nitrogens with one attached hydrogen (secondary N) is 2. The van der Waals surface area contributed by atoms with Crippen LogP contribution in [0.15, 0.2) is 46.4 Å². The number of aromatic nitrogens is 1. The van der Waals surface area contributed by atoms with Crippen molar-refractivity contribution < 1.29 is 9.53 Å². The number of fused-ring (bicyclic) bond motifs is 1. The van der Waals surface area contributed by atoms with Crippen molar-refractivity contribution in [3.05, 3.63) is 47.7 Å². The lowest BCUT2D eigenvalue weighted by Gasteiger charge is -2.12. The molecule has 0 saturated heterocycles. The molecule has 7 heteroatoms. The molecule has 0 bridgehead atoms. The van der Waals surface area contributed by atoms with Gasteiger partial charge in [-0.3, -0.25) is 4.79 Å². The lowest BCUT2D eigenvalue weighted by Crippen LogP contribution is -2.23. The first-order chi connectivity index (χ1) is 10.8. The van der Waals surface area contributed by atoms with Crippen LogP contribution in [0.25, 0.3) is 0 Å². The summed E-state index contributed by atoms with van der Waals surface area (Å²) in [5, 5.41) is 2.88. The third-order valence-corrected chi connectivity index (χ3v) is 3.88. The smallest absolute Gasteiger partial charge is 0.251 e. The first-order valence-electron chi connectivity index (χ1n) is 6.62. The van der Waals surface area contributed by atoms with Crippen LogP contribution in [-0.2, 0) is 6.54 Å². The maximum atomic E-state index is 12.2. The molecule has 0 fully saturated rings. The van der Waals surface area contributed by atoms with Crippen LogP contribution in [0.4, 0.5) is 5.69 Å². The highest BCUT2D eigenvalue weighted by molar-refractivity contribution is 7.98. The fourth-order valence-corrected chi connectivity index (χ4v) is 2.63. The van der Waals surface area contributed by atoms with Crippen LogP contribution < -0.4 is 14.8 Å². The maximum absolute atomic E-state index is 12.2. The SMILES string of the molecule is COc1cc(CNC(=O)c2ccc3c(c2)SNC=N3)ccn1. The number of carbonyl (C=O) groups is 1. The lowest BCUT2D eigenvalue weighted by atomic mass is 10.2. The van der Waals surface area contributed by atoms with Crippen molar-refractivity contribution in [3.8, 4) is 5.88 Å². The van der Waals surface area contributed by atoms with Gasteiger partial charge < -0.3 is 14.8 Å². The van der Waals surface area contributed by atoms with Crippen molar-refractivity contribution in [2.75, 3.05) is 7.11 Å². The number of rotatable bonds is 4. The molecule has 112 valence electrons. The van der Waals surface area contributed by atoms with E-state index in [2.05, 4.69) is 20.0 Å². The van der Waals surface area contributed by atoms with Crippen molar-refractivity contribution in [3.63, 3.8) is 0 Å². The summed E-state index contributed by atoms with van der Waals surface area (Å²) in [6.45, 7) is 0.415. The molecule has 0 radical (unpaired) electrons. The van der Waals surface area contributed by atoms with Gasteiger partial charge in [0, 0.05) is 24.4 Å². The van der Waals surface area contributed by atoms with Gasteiger partial charge in [0.25, 0.3) is 5.91 Å². The minimum absolute atomic E-state index is 0.131. The standard InChI is InChI=1S/C15H14N4O2S/c1-21-14-6-10(4-5-16-14)8-17-15(20)11-2-3-12-13(7-11)22-19-9-18-12/h2-7,9H,8H2,1H3,(H,17,20)(H,18,19). The number of methoxy groups -OCH3 is 1. The summed E-state index contributed by atoms with van der Waals surface area (Å²) in [5.41, 5.74) is 2.39. The zero-order valence-corrected chi connectivity index (χ0v) is 12.7. The zero-order valence-electron chi connectivity index (χ0n) is 11.9. The Kier molecular flexibility index (Phi) is 4.24. The second-order valence-corrected chi connectivity index (χ2v) is 5.43. The third kappa shape index (κ3) is 3.20. The molecule has 0 saturated carbocycles. The Bertz CT molecular complexity index is 733. The number of aliphatic imine (C=N–C) groups is 1. The Morgan fingerprint density at radius 1 is 1.36 bits per heavy atom. The van der Waals surface area contributed by atoms with E-state index in [-0.39, 0.29) is 5.91 Å². The predicted molar refractivity (Wildman–Crippen MR) is 85.5 cm³/mol. The Morgan fingerprint density at radius 3 is 3.14 bits per heavy atom. The summed E-state index contributed by atoms with van der Waals surface area (Å²) < 4.78 is 8.01. The number of nitrogens with zero attached hydrogens (tertiary/aromatic N) is 2. The molecule has 1 amide bonds. The third-order valence-electron chi connectivity index (χ3n) is 3.11. The Hall–Kier alpha value is -2.54. The number of pyridine rings is 1. The van der Waals surface area contributed by atoms with Gasteiger partial charge in [0.2, 0.25) is 5.88 Å². The summed E-state index contributed by atoms with van der Waals surface area (Å²) in [4.78, 5) is 21.4. The average molecular weight is 314 g/mol. The molecule has 1 aromatic heterocycles. The van der Waals surface area contributed by atoms with E-state index in [1.807, 2.05) is 18.2 Å². The minimum Gasteiger partial charge on any atom is -0.481 e. The van der Waals surface area contributed by atoms with E-state index >= 15 is 0 Å². The van der Waals surface area contributed by atoms with Gasteiger partial charge in [-0.2, -0.15) is 0 Å². The van der Waals surface area contributed by atoms with E-state index < -0.39 is 0 Å². The molecule has 2 aromatic rings. The normalized spacial score (nSPS) is 12.2. The molecular weight excluding hydrogens is 300 g/mol. The Morgan fingerprint density at radius 2 is 2.27 bits per heavy atom. The molecular formula is C15H14N4O2S. The minimum atomic E-state index is -0.131. The van der Waals surface area contributed by atoms with Gasteiger partial charge in [-0.25, -0.2) is 9.98 Å². The van der Waals surface area contributed by atoms with Gasteiger partial charge in [0.1, 0.15) is 0 Å². The second-order valence-electron chi connectivity index (χ2n) is 4.55. The number of carbonyl (C=O) groups excluding carboxylic acids is 1. The van der Waals surface area contributed by atoms with Crippen LogP contribution >= 0.6 is 11.9 Å². The Labute approximate surface area is 132 Å². The zero-order chi connectivity index (χ0) is 15.4. The summed E-state index contributed by atoms with van der Waals surface area (Å²) in [6.07, 6.45) is 3.28. The molecule has 3 rings (SSSR count). The van der Waals surface area contributed by atoms with Gasteiger partial charge in [0.15, 0.2) is 0 Å². The van der Waals surface area contributed by atoms with Crippen molar-refractivity contribution in [1.82, 2.24) is 15.0 Å². The monoisotopic (exact) mass is 314 g/mol. The molecule has 2 heterocycles. The van der Waals surface area contributed by atoms with Gasteiger partial charge >= 0.3 is 0 Å². The van der Waals surface area contributed by atoms with E-state index in [9.17, 15) is 4.79 Å². The fourth-order valence-electron chi connectivity index (χ4n) is 1.99. The first kappa shape index (κ1) is 14.4. The number of ether oxygens (including phenoxy) is 1. The number of amides is 1. The van der Waals surface area contributed by atoms with E-state index in [0.717, 1.165) is 16.1 Å². The van der Waals surface area contributed by atoms with E-state index in [1.165, 1.54) is 11.9 Å². The quantitative estimate of drug-likeness (QED) is 0.847. The van der Waals surface area contributed by atoms with Crippen LogP contribution in [0, 0.1) is 0 Å². The van der Waals surface area contributed by atoms with E-state index in [4.69, 9.17) is 4.74 Å². The summed E-state index contributed by atoms with van der Waals surface area (Å²) in [5.74, 6) is 0.398. The number of hydrogen-bond acceptors (Lipinski definition) is 6. The molecule has 1 aromatic carbocycles. The van der Waals surface area contributed by atoms with Gasteiger partial charge in [-0.1, -0.05) is 0 Å². The summed E-state index contributed by atoms with van der Waals surface area (Å²) in [6, 6.07) is 9.06. The molecule has 6 nitrogen and oxygen atoms in total. The van der Waals surface area contributed by atoms with Crippen molar-refractivity contribution in [2.45, 2.75) is 11.4 Å². The van der Waals surface area contributed by atoms with Crippen molar-refractivity contribution in [1.29, 1.82) is 0 Å². The van der Waals surface area contributed by atoms with Crippen molar-refractivity contribution >= 4 is 29.9 Å². The molecule has 1 aliphatic heterocycles. The van der Waals surface area contributed by atoms with Crippen LogP contribution in [-0.4, -0.2) is 24.3 Å². The molecule has 1 aliphatic rings. The lowest BCUT2D eigenvalue weighted by molar-refractivity contribution is 0.0950. The fraction of sp³-hybridized carbons (Fsp3) is 0.133. The summed E-state index contributed by atoms with van der Waals surface area (Å²) in [7, 11) is 1.56. The Balaban J connectivity index is 1.68. The largest absolute Gasteiger partial charge is 0.481 e.